The topological polar surface area (TPSA) is 86.4 Å². The molecule has 1 aromatic heterocycles. The lowest BCUT2D eigenvalue weighted by Gasteiger charge is -2.28. The van der Waals surface area contributed by atoms with Gasteiger partial charge in [-0.15, -0.1) is 0 Å². The van der Waals surface area contributed by atoms with E-state index >= 15 is 0 Å². The number of aromatic nitrogens is 2. The molecule has 1 unspecified atom stereocenters. The zero-order chi connectivity index (χ0) is 19.3. The van der Waals surface area contributed by atoms with Crippen LogP contribution in [0.2, 0.25) is 0 Å². The van der Waals surface area contributed by atoms with Gasteiger partial charge in [-0.1, -0.05) is 12.8 Å². The summed E-state index contributed by atoms with van der Waals surface area (Å²) >= 11 is 0. The third-order valence-corrected chi connectivity index (χ3v) is 6.92. The number of fused-ring (bicyclic) bond motifs is 1. The molecule has 2 aliphatic heterocycles. The van der Waals surface area contributed by atoms with E-state index in [1.54, 1.807) is 0 Å². The molecule has 1 atom stereocenters. The molecule has 5 rings (SSSR count). The molecule has 1 N–H and O–H groups in total. The Kier molecular flexibility index (Phi) is 4.48. The average Bonchev–Trinajstić information content (AvgIpc) is 3.20. The van der Waals surface area contributed by atoms with Gasteiger partial charge in [-0.25, -0.2) is 4.98 Å². The summed E-state index contributed by atoms with van der Waals surface area (Å²) in [6.45, 7) is 2.44. The molecule has 0 bridgehead atoms. The first kappa shape index (κ1) is 17.9. The lowest BCUT2D eigenvalue weighted by molar-refractivity contribution is -0.134. The van der Waals surface area contributed by atoms with Gasteiger partial charge in [0.2, 0.25) is 11.8 Å². The highest BCUT2D eigenvalue weighted by Gasteiger charge is 2.37. The van der Waals surface area contributed by atoms with Gasteiger partial charge in [0, 0.05) is 43.0 Å². The van der Waals surface area contributed by atoms with Crippen LogP contribution in [0.15, 0.2) is 4.79 Å². The van der Waals surface area contributed by atoms with E-state index < -0.39 is 0 Å². The van der Waals surface area contributed by atoms with Crippen molar-refractivity contribution in [3.05, 3.63) is 27.4 Å². The van der Waals surface area contributed by atoms with Crippen molar-refractivity contribution in [2.45, 2.75) is 63.8 Å². The van der Waals surface area contributed by atoms with Crippen LogP contribution in [0.4, 0.5) is 0 Å². The van der Waals surface area contributed by atoms with Crippen LogP contribution < -0.4 is 5.56 Å². The van der Waals surface area contributed by atoms with Crippen LogP contribution in [0.25, 0.3) is 0 Å². The summed E-state index contributed by atoms with van der Waals surface area (Å²) in [5, 5.41) is 0. The molecule has 2 aliphatic carbocycles. The fourth-order valence-corrected chi connectivity index (χ4v) is 5.04. The monoisotopic (exact) mass is 384 g/mol. The van der Waals surface area contributed by atoms with Crippen LogP contribution in [0.3, 0.4) is 0 Å². The highest BCUT2D eigenvalue weighted by atomic mass is 16.2. The van der Waals surface area contributed by atoms with Gasteiger partial charge in [0.05, 0.1) is 12.2 Å². The Balaban J connectivity index is 1.32. The number of likely N-dealkylation sites (tertiary alicyclic amines) is 1. The smallest absolute Gasteiger partial charge is 0.254 e. The van der Waals surface area contributed by atoms with E-state index in [0.29, 0.717) is 31.9 Å². The minimum absolute atomic E-state index is 0.0703. The molecule has 0 spiro atoms. The molecule has 1 aromatic rings. The second-order valence-corrected chi connectivity index (χ2v) is 8.91. The highest BCUT2D eigenvalue weighted by Crippen LogP contribution is 2.33. The number of hydrogen-bond donors (Lipinski definition) is 1. The molecule has 4 aliphatic rings. The molecule has 28 heavy (non-hydrogen) atoms. The first-order valence-corrected chi connectivity index (χ1v) is 10.8. The summed E-state index contributed by atoms with van der Waals surface area (Å²) in [5.74, 6) is 1.64. The van der Waals surface area contributed by atoms with E-state index in [4.69, 9.17) is 4.98 Å². The van der Waals surface area contributed by atoms with Crippen LogP contribution in [-0.4, -0.2) is 51.2 Å². The number of carbonyl (C=O) groups is 2. The molecule has 3 fully saturated rings. The number of H-pyrrole nitrogens is 1. The highest BCUT2D eigenvalue weighted by molar-refractivity contribution is 5.81. The lowest BCUT2D eigenvalue weighted by atomic mass is 10.0. The molecule has 7 heteroatoms. The predicted molar refractivity (Wildman–Crippen MR) is 103 cm³/mol. The summed E-state index contributed by atoms with van der Waals surface area (Å²) < 4.78 is 0. The number of aromatic amines is 1. The lowest BCUT2D eigenvalue weighted by Crippen LogP contribution is -2.40. The van der Waals surface area contributed by atoms with Crippen LogP contribution in [0, 0.1) is 11.8 Å². The number of nitrogens with one attached hydrogen (secondary N) is 1. The van der Waals surface area contributed by atoms with Crippen LogP contribution in [0.5, 0.6) is 0 Å². The number of nitrogens with zero attached hydrogens (tertiary/aromatic N) is 3. The molecule has 1 saturated heterocycles. The summed E-state index contributed by atoms with van der Waals surface area (Å²) in [5.41, 5.74) is 1.40. The Labute approximate surface area is 164 Å². The summed E-state index contributed by atoms with van der Waals surface area (Å²) in [6, 6.07) is 0. The Morgan fingerprint density at radius 1 is 0.929 bits per heavy atom. The van der Waals surface area contributed by atoms with Gasteiger partial charge in [-0.05, 0) is 38.5 Å². The van der Waals surface area contributed by atoms with Crippen molar-refractivity contribution >= 4 is 11.8 Å². The Morgan fingerprint density at radius 3 is 2.39 bits per heavy atom. The summed E-state index contributed by atoms with van der Waals surface area (Å²) in [6.07, 6.45) is 7.73. The van der Waals surface area contributed by atoms with Crippen molar-refractivity contribution in [1.82, 2.24) is 19.8 Å². The molecule has 150 valence electrons. The third-order valence-electron chi connectivity index (χ3n) is 6.92. The van der Waals surface area contributed by atoms with Crippen molar-refractivity contribution in [1.29, 1.82) is 0 Å². The maximum atomic E-state index is 12.7. The van der Waals surface area contributed by atoms with Crippen molar-refractivity contribution in [2.75, 3.05) is 19.6 Å². The van der Waals surface area contributed by atoms with E-state index in [1.165, 1.54) is 0 Å². The van der Waals surface area contributed by atoms with Crippen molar-refractivity contribution in [3.63, 3.8) is 0 Å². The normalized spacial score (nSPS) is 25.2. The van der Waals surface area contributed by atoms with Gasteiger partial charge in [0.1, 0.15) is 5.82 Å². The molecule has 7 nitrogen and oxygen atoms in total. The molecule has 0 radical (unpaired) electrons. The van der Waals surface area contributed by atoms with Gasteiger partial charge in [-0.3, -0.25) is 14.4 Å². The van der Waals surface area contributed by atoms with Crippen molar-refractivity contribution in [3.8, 4) is 0 Å². The van der Waals surface area contributed by atoms with Crippen molar-refractivity contribution < 1.29 is 9.59 Å². The largest absolute Gasteiger partial charge is 0.342 e. The number of rotatable bonds is 3. The number of amides is 2. The van der Waals surface area contributed by atoms with Gasteiger partial charge in [0.25, 0.3) is 5.56 Å². The van der Waals surface area contributed by atoms with Gasteiger partial charge in [-0.2, -0.15) is 0 Å². The van der Waals surface area contributed by atoms with E-state index in [0.717, 1.165) is 62.7 Å². The molecule has 3 heterocycles. The van der Waals surface area contributed by atoms with Crippen LogP contribution >= 0.6 is 0 Å². The Morgan fingerprint density at radius 2 is 1.64 bits per heavy atom. The molecular weight excluding hydrogens is 356 g/mol. The maximum absolute atomic E-state index is 12.7. The Bertz CT molecular complexity index is 854. The second-order valence-electron chi connectivity index (χ2n) is 8.91. The van der Waals surface area contributed by atoms with E-state index in [-0.39, 0.29) is 35.1 Å². The van der Waals surface area contributed by atoms with E-state index in [1.807, 2.05) is 9.80 Å². The Hall–Kier alpha value is -2.18. The minimum Gasteiger partial charge on any atom is -0.342 e. The van der Waals surface area contributed by atoms with Gasteiger partial charge in [0.15, 0.2) is 0 Å². The van der Waals surface area contributed by atoms with Gasteiger partial charge < -0.3 is 14.8 Å². The maximum Gasteiger partial charge on any atom is 0.254 e. The molecule has 2 amide bonds. The number of carbonyl (C=O) groups excluding carboxylic acids is 2. The van der Waals surface area contributed by atoms with Crippen LogP contribution in [-0.2, 0) is 22.6 Å². The standard InChI is InChI=1S/C21H28N4O3/c26-19-16-8-10-25(21(28)14-5-6-14)12-17(16)22-18(23-19)15-7-9-24(11-15)20(27)13-3-1-2-4-13/h13-15H,1-12H2,(H,22,23,26). The quantitative estimate of drug-likeness (QED) is 0.857. The molecule has 0 aromatic carbocycles. The van der Waals surface area contributed by atoms with E-state index in [2.05, 4.69) is 4.98 Å². The van der Waals surface area contributed by atoms with Crippen molar-refractivity contribution in [2.24, 2.45) is 11.8 Å². The van der Waals surface area contributed by atoms with Gasteiger partial charge >= 0.3 is 0 Å². The SMILES string of the molecule is O=C(C1CC1)N1CCc2c(nc(C3CCN(C(=O)C4CCCC4)C3)[nH]c2=O)C1. The van der Waals surface area contributed by atoms with E-state index in [9.17, 15) is 14.4 Å². The average molecular weight is 384 g/mol. The first-order chi connectivity index (χ1) is 13.6. The summed E-state index contributed by atoms with van der Waals surface area (Å²) in [4.78, 5) is 49.3. The third kappa shape index (κ3) is 3.25. The number of hydrogen-bond acceptors (Lipinski definition) is 4. The molecule has 2 saturated carbocycles. The fourth-order valence-electron chi connectivity index (χ4n) is 5.04. The zero-order valence-electron chi connectivity index (χ0n) is 16.3. The molecular formula is C21H28N4O3. The predicted octanol–water partition coefficient (Wildman–Crippen LogP) is 1.57. The summed E-state index contributed by atoms with van der Waals surface area (Å²) in [7, 11) is 0. The second kappa shape index (κ2) is 7.01. The zero-order valence-corrected chi connectivity index (χ0v) is 16.3. The first-order valence-electron chi connectivity index (χ1n) is 10.8. The minimum atomic E-state index is -0.0703. The fraction of sp³-hybridized carbons (Fsp3) is 0.714. The van der Waals surface area contributed by atoms with Crippen LogP contribution in [0.1, 0.15) is 67.9 Å².